The van der Waals surface area contributed by atoms with Crippen molar-refractivity contribution in [3.05, 3.63) is 22.7 Å². The van der Waals surface area contributed by atoms with Crippen LogP contribution in [0.5, 0.6) is 0 Å². The SMILES string of the molecule is COCCS(=O)(=O)Nc1ccc(F)nc1Br. The highest BCUT2D eigenvalue weighted by Crippen LogP contribution is 2.20. The summed E-state index contributed by atoms with van der Waals surface area (Å²) in [5.74, 6) is -0.862. The van der Waals surface area contributed by atoms with Crippen molar-refractivity contribution in [1.82, 2.24) is 4.98 Å². The summed E-state index contributed by atoms with van der Waals surface area (Å²) >= 11 is 2.96. The number of halogens is 2. The average Bonchev–Trinajstić information content (AvgIpc) is 2.19. The van der Waals surface area contributed by atoms with Crippen LogP contribution in [0.2, 0.25) is 0 Å². The minimum atomic E-state index is -3.50. The van der Waals surface area contributed by atoms with Crippen LogP contribution in [0.15, 0.2) is 16.7 Å². The molecule has 0 aromatic carbocycles. The smallest absolute Gasteiger partial charge is 0.235 e. The molecule has 16 heavy (non-hydrogen) atoms. The van der Waals surface area contributed by atoms with E-state index >= 15 is 0 Å². The zero-order valence-electron chi connectivity index (χ0n) is 8.41. The quantitative estimate of drug-likeness (QED) is 0.834. The Morgan fingerprint density at radius 1 is 1.56 bits per heavy atom. The van der Waals surface area contributed by atoms with Crippen LogP contribution in [-0.2, 0) is 14.8 Å². The molecular weight excluding hydrogens is 303 g/mol. The predicted molar refractivity (Wildman–Crippen MR) is 61.2 cm³/mol. The van der Waals surface area contributed by atoms with Crippen molar-refractivity contribution in [2.24, 2.45) is 0 Å². The molecule has 0 amide bonds. The second-order valence-electron chi connectivity index (χ2n) is 2.89. The monoisotopic (exact) mass is 312 g/mol. The molecule has 0 saturated carbocycles. The summed E-state index contributed by atoms with van der Waals surface area (Å²) < 4.78 is 42.6. The van der Waals surface area contributed by atoms with Crippen LogP contribution >= 0.6 is 15.9 Å². The minimum absolute atomic E-state index is 0.0849. The maximum atomic E-state index is 12.6. The molecule has 1 aromatic rings. The van der Waals surface area contributed by atoms with E-state index in [0.29, 0.717) is 0 Å². The molecule has 0 radical (unpaired) electrons. The highest BCUT2D eigenvalue weighted by Gasteiger charge is 2.12. The van der Waals surface area contributed by atoms with Crippen molar-refractivity contribution in [1.29, 1.82) is 0 Å². The number of aromatic nitrogens is 1. The molecule has 1 rings (SSSR count). The first-order valence-electron chi connectivity index (χ1n) is 4.26. The zero-order valence-corrected chi connectivity index (χ0v) is 10.8. The van der Waals surface area contributed by atoms with E-state index in [4.69, 9.17) is 0 Å². The minimum Gasteiger partial charge on any atom is -0.384 e. The summed E-state index contributed by atoms with van der Waals surface area (Å²) in [7, 11) is -2.09. The number of sulfonamides is 1. The van der Waals surface area contributed by atoms with E-state index in [1.807, 2.05) is 0 Å². The Kier molecular flexibility index (Phi) is 4.63. The Morgan fingerprint density at radius 3 is 2.81 bits per heavy atom. The third kappa shape index (κ3) is 4.03. The van der Waals surface area contributed by atoms with Gasteiger partial charge in [0.05, 0.1) is 18.0 Å². The maximum absolute atomic E-state index is 12.6. The van der Waals surface area contributed by atoms with E-state index in [2.05, 4.69) is 30.4 Å². The summed E-state index contributed by atoms with van der Waals surface area (Å²) in [6.45, 7) is 0.0849. The Bertz CT molecular complexity index is 466. The molecule has 0 unspecified atom stereocenters. The van der Waals surface area contributed by atoms with Gasteiger partial charge in [0.1, 0.15) is 4.60 Å². The number of methoxy groups -OCH3 is 1. The Labute approximate surface area is 101 Å². The molecular formula is C8H10BrFN2O3S. The van der Waals surface area contributed by atoms with Gasteiger partial charge in [0.2, 0.25) is 16.0 Å². The molecule has 0 spiro atoms. The molecule has 0 saturated heterocycles. The summed E-state index contributed by atoms with van der Waals surface area (Å²) in [6, 6.07) is 2.36. The molecule has 1 aromatic heterocycles. The topological polar surface area (TPSA) is 68.3 Å². The van der Waals surface area contributed by atoms with Gasteiger partial charge in [-0.25, -0.2) is 13.4 Å². The number of rotatable bonds is 5. The van der Waals surface area contributed by atoms with Crippen LogP contribution in [-0.4, -0.2) is 32.9 Å². The largest absolute Gasteiger partial charge is 0.384 e. The third-order valence-corrected chi connectivity index (χ3v) is 3.48. The van der Waals surface area contributed by atoms with E-state index in [0.717, 1.165) is 6.07 Å². The lowest BCUT2D eigenvalue weighted by atomic mass is 10.4. The Hall–Kier alpha value is -0.730. The number of hydrogen-bond donors (Lipinski definition) is 1. The van der Waals surface area contributed by atoms with Gasteiger partial charge in [-0.2, -0.15) is 4.39 Å². The molecule has 0 aliphatic rings. The zero-order chi connectivity index (χ0) is 12.2. The second-order valence-corrected chi connectivity index (χ2v) is 5.48. The first kappa shape index (κ1) is 13.3. The number of anilines is 1. The Balaban J connectivity index is 2.80. The predicted octanol–water partition coefficient (Wildman–Crippen LogP) is 1.37. The molecule has 1 N–H and O–H groups in total. The van der Waals surface area contributed by atoms with Gasteiger partial charge in [0.25, 0.3) is 0 Å². The fraction of sp³-hybridized carbons (Fsp3) is 0.375. The van der Waals surface area contributed by atoms with Gasteiger partial charge < -0.3 is 4.74 Å². The number of pyridine rings is 1. The van der Waals surface area contributed by atoms with E-state index in [1.54, 1.807) is 0 Å². The number of nitrogens with one attached hydrogen (secondary N) is 1. The van der Waals surface area contributed by atoms with Crippen molar-refractivity contribution in [2.45, 2.75) is 0 Å². The molecule has 0 fully saturated rings. The van der Waals surface area contributed by atoms with Gasteiger partial charge in [-0.1, -0.05) is 0 Å². The van der Waals surface area contributed by atoms with Crippen molar-refractivity contribution in [2.75, 3.05) is 24.2 Å². The van der Waals surface area contributed by atoms with Crippen LogP contribution in [0.25, 0.3) is 0 Å². The maximum Gasteiger partial charge on any atom is 0.235 e. The van der Waals surface area contributed by atoms with Crippen molar-refractivity contribution in [3.63, 3.8) is 0 Å². The van der Waals surface area contributed by atoms with E-state index in [1.165, 1.54) is 13.2 Å². The first-order valence-corrected chi connectivity index (χ1v) is 6.70. The van der Waals surface area contributed by atoms with Gasteiger partial charge in [-0.05, 0) is 28.1 Å². The summed E-state index contributed by atoms with van der Waals surface area (Å²) in [4.78, 5) is 3.43. The van der Waals surface area contributed by atoms with Crippen LogP contribution in [0, 0.1) is 5.95 Å². The number of hydrogen-bond acceptors (Lipinski definition) is 4. The lowest BCUT2D eigenvalue weighted by Crippen LogP contribution is -2.20. The van der Waals surface area contributed by atoms with E-state index in [-0.39, 0.29) is 22.7 Å². The highest BCUT2D eigenvalue weighted by molar-refractivity contribution is 9.10. The molecule has 0 aliphatic carbocycles. The lowest BCUT2D eigenvalue weighted by molar-refractivity contribution is 0.217. The summed E-state index contributed by atoms with van der Waals surface area (Å²) in [5.41, 5.74) is 0.192. The van der Waals surface area contributed by atoms with Crippen LogP contribution < -0.4 is 4.72 Å². The van der Waals surface area contributed by atoms with E-state index in [9.17, 15) is 12.8 Å². The summed E-state index contributed by atoms with van der Waals surface area (Å²) in [5, 5.41) is 0. The van der Waals surface area contributed by atoms with Gasteiger partial charge in [-0.15, -0.1) is 0 Å². The molecule has 90 valence electrons. The third-order valence-electron chi connectivity index (χ3n) is 1.64. The average molecular weight is 313 g/mol. The normalized spacial score (nSPS) is 11.4. The van der Waals surface area contributed by atoms with Gasteiger partial charge in [0.15, 0.2) is 0 Å². The van der Waals surface area contributed by atoms with Crippen LogP contribution in [0.1, 0.15) is 0 Å². The molecule has 8 heteroatoms. The van der Waals surface area contributed by atoms with Gasteiger partial charge in [0, 0.05) is 7.11 Å². The highest BCUT2D eigenvalue weighted by atomic mass is 79.9. The van der Waals surface area contributed by atoms with Crippen molar-refractivity contribution >= 4 is 31.6 Å². The number of ether oxygens (including phenoxy) is 1. The molecule has 0 atom stereocenters. The molecule has 1 heterocycles. The first-order chi connectivity index (χ1) is 7.44. The molecule has 5 nitrogen and oxygen atoms in total. The van der Waals surface area contributed by atoms with Crippen LogP contribution in [0.3, 0.4) is 0 Å². The lowest BCUT2D eigenvalue weighted by Gasteiger charge is -2.08. The fourth-order valence-corrected chi connectivity index (χ4v) is 2.42. The fourth-order valence-electron chi connectivity index (χ4n) is 0.900. The number of nitrogens with zero attached hydrogens (tertiary/aromatic N) is 1. The Morgan fingerprint density at radius 2 is 2.25 bits per heavy atom. The van der Waals surface area contributed by atoms with Crippen molar-refractivity contribution < 1.29 is 17.5 Å². The molecule has 0 aliphatic heterocycles. The summed E-state index contributed by atoms with van der Waals surface area (Å²) in [6.07, 6.45) is 0. The van der Waals surface area contributed by atoms with Crippen molar-refractivity contribution in [3.8, 4) is 0 Å². The van der Waals surface area contributed by atoms with E-state index < -0.39 is 16.0 Å². The standard InChI is InChI=1S/C8H10BrFN2O3S/c1-15-4-5-16(13,14)12-6-2-3-7(10)11-8(6)9/h2-3,12H,4-5H2,1H3. The van der Waals surface area contributed by atoms with Gasteiger partial charge in [-0.3, -0.25) is 4.72 Å². The van der Waals surface area contributed by atoms with Crippen LogP contribution in [0.4, 0.5) is 10.1 Å². The molecule has 0 bridgehead atoms. The van der Waals surface area contributed by atoms with Gasteiger partial charge >= 0.3 is 0 Å². The second kappa shape index (κ2) is 5.55.